The smallest absolute Gasteiger partial charge is 0.244 e. The molecule has 2 heterocycles. The van der Waals surface area contributed by atoms with Crippen LogP contribution in [0, 0.1) is 0 Å². The first-order valence-corrected chi connectivity index (χ1v) is 12.0. The summed E-state index contributed by atoms with van der Waals surface area (Å²) in [6, 6.07) is 0. The van der Waals surface area contributed by atoms with E-state index < -0.39 is 0 Å². The molecule has 1 aliphatic carbocycles. The second-order valence-corrected chi connectivity index (χ2v) is 9.25. The Bertz CT molecular complexity index is 501. The van der Waals surface area contributed by atoms with Gasteiger partial charge in [0.2, 0.25) is 5.91 Å². The van der Waals surface area contributed by atoms with Crippen LogP contribution in [0.4, 0.5) is 0 Å². The molecule has 0 bridgehead atoms. The van der Waals surface area contributed by atoms with Crippen LogP contribution in [-0.2, 0) is 4.79 Å². The van der Waals surface area contributed by atoms with Crippen molar-refractivity contribution in [1.82, 2.24) is 20.4 Å². The molecule has 3 aliphatic rings. The molecule has 0 unspecified atom stereocenters. The maximum Gasteiger partial charge on any atom is 0.244 e. The molecular weight excluding hydrogens is 485 g/mol. The van der Waals surface area contributed by atoms with Crippen molar-refractivity contribution < 1.29 is 4.79 Å². The molecular formula is C20H38IN5OS. The lowest BCUT2D eigenvalue weighted by Crippen LogP contribution is -2.59. The molecule has 2 N–H and O–H groups in total. The molecule has 6 nitrogen and oxygen atoms in total. The van der Waals surface area contributed by atoms with Gasteiger partial charge in [-0.25, -0.2) is 4.99 Å². The van der Waals surface area contributed by atoms with E-state index in [4.69, 9.17) is 0 Å². The molecule has 3 fully saturated rings. The first-order chi connectivity index (χ1) is 13.2. The third-order valence-corrected chi connectivity index (χ3v) is 7.17. The van der Waals surface area contributed by atoms with Gasteiger partial charge in [-0.05, 0) is 32.6 Å². The summed E-state index contributed by atoms with van der Waals surface area (Å²) in [4.78, 5) is 21.6. The van der Waals surface area contributed by atoms with Gasteiger partial charge in [-0.1, -0.05) is 19.3 Å². The lowest BCUT2D eigenvalue weighted by molar-refractivity contribution is -0.128. The number of amides is 1. The fourth-order valence-corrected chi connectivity index (χ4v) is 5.56. The summed E-state index contributed by atoms with van der Waals surface area (Å²) in [6.07, 6.45) is 8.82. The highest BCUT2D eigenvalue weighted by Crippen LogP contribution is 2.34. The van der Waals surface area contributed by atoms with E-state index in [1.54, 1.807) is 0 Å². The molecule has 0 aromatic rings. The number of likely N-dealkylation sites (tertiary alicyclic amines) is 1. The monoisotopic (exact) mass is 523 g/mol. The molecule has 2 aliphatic heterocycles. The molecule has 0 aromatic carbocycles. The van der Waals surface area contributed by atoms with E-state index in [1.807, 2.05) is 4.90 Å². The highest BCUT2D eigenvalue weighted by molar-refractivity contribution is 14.0. The van der Waals surface area contributed by atoms with Crippen molar-refractivity contribution in [1.29, 1.82) is 0 Å². The summed E-state index contributed by atoms with van der Waals surface area (Å²) in [6.45, 7) is 8.28. The lowest BCUT2D eigenvalue weighted by atomic mass is 9.80. The zero-order valence-corrected chi connectivity index (χ0v) is 20.5. The molecule has 28 heavy (non-hydrogen) atoms. The van der Waals surface area contributed by atoms with E-state index in [2.05, 4.69) is 39.2 Å². The topological polar surface area (TPSA) is 60.0 Å². The molecule has 1 saturated carbocycles. The van der Waals surface area contributed by atoms with Crippen molar-refractivity contribution in [3.63, 3.8) is 0 Å². The Hall–Kier alpha value is -0.220. The Morgan fingerprint density at radius 1 is 1.00 bits per heavy atom. The third kappa shape index (κ3) is 6.65. The summed E-state index contributed by atoms with van der Waals surface area (Å²) in [5.74, 6) is 3.45. The van der Waals surface area contributed by atoms with E-state index in [-0.39, 0.29) is 42.0 Å². The Kier molecular flexibility index (Phi) is 10.7. The fourth-order valence-electron chi connectivity index (χ4n) is 4.66. The molecule has 0 aromatic heterocycles. The zero-order valence-electron chi connectivity index (χ0n) is 17.4. The Morgan fingerprint density at radius 3 is 2.32 bits per heavy atom. The first kappa shape index (κ1) is 24.1. The molecule has 0 radical (unpaired) electrons. The van der Waals surface area contributed by atoms with Gasteiger partial charge in [0.05, 0.1) is 0 Å². The quantitative estimate of drug-likeness (QED) is 0.319. The van der Waals surface area contributed by atoms with Crippen LogP contribution in [0.2, 0.25) is 0 Å². The van der Waals surface area contributed by atoms with Gasteiger partial charge >= 0.3 is 0 Å². The van der Waals surface area contributed by atoms with Crippen LogP contribution in [0.3, 0.4) is 0 Å². The average molecular weight is 524 g/mol. The lowest BCUT2D eigenvalue weighted by Gasteiger charge is -2.48. The van der Waals surface area contributed by atoms with Gasteiger partial charge in [-0.3, -0.25) is 9.69 Å². The second-order valence-electron chi connectivity index (χ2n) is 8.02. The maximum absolute atomic E-state index is 12.3. The number of carbonyl (C=O) groups excluding carboxylic acids is 1. The number of hydrogen-bond donors (Lipinski definition) is 2. The molecule has 3 rings (SSSR count). The number of nitrogens with zero attached hydrogens (tertiary/aromatic N) is 3. The van der Waals surface area contributed by atoms with Crippen LogP contribution in [0.25, 0.3) is 0 Å². The minimum absolute atomic E-state index is 0. The van der Waals surface area contributed by atoms with Gasteiger partial charge in [0.25, 0.3) is 0 Å². The SMILES string of the molecule is CCNC(=NCC(=O)N1CCCC1)NCC1(N2CCSCC2)CCCCC1.I. The van der Waals surface area contributed by atoms with Crippen LogP contribution in [-0.4, -0.2) is 84.5 Å². The van der Waals surface area contributed by atoms with E-state index in [0.717, 1.165) is 45.0 Å². The normalized spacial score (nSPS) is 23.2. The summed E-state index contributed by atoms with van der Waals surface area (Å²) in [5.41, 5.74) is 0.258. The molecule has 0 atom stereocenters. The van der Waals surface area contributed by atoms with Crippen molar-refractivity contribution >= 4 is 47.6 Å². The van der Waals surface area contributed by atoms with Crippen LogP contribution < -0.4 is 10.6 Å². The van der Waals surface area contributed by atoms with Crippen molar-refractivity contribution in [2.45, 2.75) is 57.4 Å². The average Bonchev–Trinajstić information content (AvgIpc) is 3.26. The molecule has 2 saturated heterocycles. The number of guanidine groups is 1. The highest BCUT2D eigenvalue weighted by atomic mass is 127. The van der Waals surface area contributed by atoms with Crippen LogP contribution in [0.15, 0.2) is 4.99 Å². The van der Waals surface area contributed by atoms with Crippen molar-refractivity contribution in [3.8, 4) is 0 Å². The standard InChI is InChI=1S/C20H37N5OS.HI/c1-2-21-19(22-16-18(26)24-10-6-7-11-24)23-17-20(8-4-3-5-9-20)25-12-14-27-15-13-25;/h2-17H2,1H3,(H2,21,22,23);1H. The van der Waals surface area contributed by atoms with Crippen LogP contribution >= 0.6 is 35.7 Å². The molecule has 1 amide bonds. The van der Waals surface area contributed by atoms with Crippen molar-refractivity contribution in [2.24, 2.45) is 4.99 Å². The predicted octanol–water partition coefficient (Wildman–Crippen LogP) is 2.53. The zero-order chi connectivity index (χ0) is 19.0. The van der Waals surface area contributed by atoms with Gasteiger partial charge < -0.3 is 15.5 Å². The number of hydrogen-bond acceptors (Lipinski definition) is 4. The minimum atomic E-state index is 0. The summed E-state index contributed by atoms with van der Waals surface area (Å²) in [7, 11) is 0. The van der Waals surface area contributed by atoms with Gasteiger partial charge in [-0.2, -0.15) is 11.8 Å². The Morgan fingerprint density at radius 2 is 1.68 bits per heavy atom. The fraction of sp³-hybridized carbons (Fsp3) is 0.900. The third-order valence-electron chi connectivity index (χ3n) is 6.23. The van der Waals surface area contributed by atoms with Gasteiger partial charge in [0.1, 0.15) is 6.54 Å². The second kappa shape index (κ2) is 12.5. The number of rotatable bonds is 6. The van der Waals surface area contributed by atoms with E-state index in [0.29, 0.717) is 0 Å². The molecule has 0 spiro atoms. The maximum atomic E-state index is 12.3. The Balaban J connectivity index is 0.00000280. The summed E-state index contributed by atoms with van der Waals surface area (Å²) >= 11 is 2.08. The van der Waals surface area contributed by atoms with Gasteiger partial charge in [0.15, 0.2) is 5.96 Å². The number of nitrogens with one attached hydrogen (secondary N) is 2. The van der Waals surface area contributed by atoms with Crippen LogP contribution in [0.1, 0.15) is 51.9 Å². The largest absolute Gasteiger partial charge is 0.357 e. The number of aliphatic imine (C=N–C) groups is 1. The highest BCUT2D eigenvalue weighted by Gasteiger charge is 2.38. The Labute approximate surface area is 192 Å². The van der Waals surface area contributed by atoms with E-state index >= 15 is 0 Å². The molecule has 162 valence electrons. The summed E-state index contributed by atoms with van der Waals surface area (Å²) in [5, 5.41) is 6.93. The van der Waals surface area contributed by atoms with Crippen LogP contribution in [0.5, 0.6) is 0 Å². The number of thioether (sulfide) groups is 1. The predicted molar refractivity (Wildman–Crippen MR) is 130 cm³/mol. The summed E-state index contributed by atoms with van der Waals surface area (Å²) < 4.78 is 0. The van der Waals surface area contributed by atoms with Crippen molar-refractivity contribution in [3.05, 3.63) is 0 Å². The van der Waals surface area contributed by atoms with E-state index in [9.17, 15) is 4.79 Å². The number of carbonyl (C=O) groups is 1. The molecule has 8 heteroatoms. The van der Waals surface area contributed by atoms with Gasteiger partial charge in [-0.15, -0.1) is 24.0 Å². The van der Waals surface area contributed by atoms with E-state index in [1.165, 1.54) is 56.7 Å². The minimum Gasteiger partial charge on any atom is -0.357 e. The first-order valence-electron chi connectivity index (χ1n) is 10.9. The van der Waals surface area contributed by atoms with Crippen molar-refractivity contribution in [2.75, 3.05) is 57.3 Å². The number of halogens is 1. The van der Waals surface area contributed by atoms with Gasteiger partial charge in [0, 0.05) is 56.3 Å².